The first-order valence-corrected chi connectivity index (χ1v) is 8.03. The van der Waals surface area contributed by atoms with E-state index in [9.17, 15) is 9.90 Å². The molecule has 128 valence electrons. The fourth-order valence-electron chi connectivity index (χ4n) is 2.74. The van der Waals surface area contributed by atoms with Crippen molar-refractivity contribution in [2.24, 2.45) is 0 Å². The van der Waals surface area contributed by atoms with E-state index in [1.807, 2.05) is 50.2 Å². The molecule has 0 spiro atoms. The van der Waals surface area contributed by atoms with Gasteiger partial charge >= 0.3 is 0 Å². The summed E-state index contributed by atoms with van der Waals surface area (Å²) in [5.41, 5.74) is 4.06. The highest BCUT2D eigenvalue weighted by Crippen LogP contribution is 2.17. The Labute approximate surface area is 146 Å². The number of aromatic nitrogens is 3. The van der Waals surface area contributed by atoms with Crippen LogP contribution in [0.4, 0.5) is 0 Å². The van der Waals surface area contributed by atoms with Crippen molar-refractivity contribution in [3.63, 3.8) is 0 Å². The number of benzene rings is 2. The number of carbonyl (C=O) groups is 1. The van der Waals surface area contributed by atoms with Gasteiger partial charge in [0, 0.05) is 12.1 Å². The molecule has 0 saturated heterocycles. The van der Waals surface area contributed by atoms with Crippen molar-refractivity contribution in [2.45, 2.75) is 20.0 Å². The average Bonchev–Trinajstić information content (AvgIpc) is 3.14. The Hall–Kier alpha value is -2.99. The Morgan fingerprint density at radius 2 is 2.00 bits per heavy atom. The summed E-state index contributed by atoms with van der Waals surface area (Å²) in [6, 6.07) is 13.0. The molecule has 1 unspecified atom stereocenters. The van der Waals surface area contributed by atoms with Crippen LogP contribution < -0.4 is 5.32 Å². The van der Waals surface area contributed by atoms with E-state index in [1.54, 1.807) is 17.1 Å². The molecule has 1 atom stereocenters. The summed E-state index contributed by atoms with van der Waals surface area (Å²) in [5.74, 6) is -0.213. The van der Waals surface area contributed by atoms with Gasteiger partial charge in [-0.3, -0.25) is 4.79 Å². The summed E-state index contributed by atoms with van der Waals surface area (Å²) in [7, 11) is 0. The number of hydrogen-bond donors (Lipinski definition) is 2. The Morgan fingerprint density at radius 1 is 1.20 bits per heavy atom. The van der Waals surface area contributed by atoms with Gasteiger partial charge in [-0.05, 0) is 48.7 Å². The highest BCUT2D eigenvalue weighted by molar-refractivity contribution is 5.95. The van der Waals surface area contributed by atoms with Crippen molar-refractivity contribution in [3.05, 3.63) is 77.4 Å². The number of aliphatic hydroxyl groups excluding tert-OH is 1. The Balaban J connectivity index is 1.68. The second-order valence-corrected chi connectivity index (χ2v) is 5.92. The zero-order valence-electron chi connectivity index (χ0n) is 14.2. The van der Waals surface area contributed by atoms with E-state index in [0.29, 0.717) is 5.56 Å². The molecular formula is C19H20N4O2. The van der Waals surface area contributed by atoms with Gasteiger partial charge in [0.1, 0.15) is 12.7 Å². The smallest absolute Gasteiger partial charge is 0.251 e. The van der Waals surface area contributed by atoms with Gasteiger partial charge < -0.3 is 10.4 Å². The van der Waals surface area contributed by atoms with Crippen LogP contribution in [0, 0.1) is 13.8 Å². The molecule has 3 rings (SSSR count). The van der Waals surface area contributed by atoms with E-state index in [4.69, 9.17) is 0 Å². The van der Waals surface area contributed by atoms with Crippen molar-refractivity contribution < 1.29 is 9.90 Å². The fourth-order valence-corrected chi connectivity index (χ4v) is 2.74. The number of aliphatic hydroxyl groups is 1. The number of hydrogen-bond acceptors (Lipinski definition) is 4. The predicted molar refractivity (Wildman–Crippen MR) is 94.6 cm³/mol. The number of aryl methyl sites for hydroxylation is 2. The largest absolute Gasteiger partial charge is 0.387 e. The fraction of sp³-hybridized carbons (Fsp3) is 0.211. The zero-order chi connectivity index (χ0) is 17.8. The minimum absolute atomic E-state index is 0.161. The molecule has 1 heterocycles. The van der Waals surface area contributed by atoms with Crippen molar-refractivity contribution in [1.82, 2.24) is 20.1 Å². The van der Waals surface area contributed by atoms with Gasteiger partial charge in [0.05, 0.1) is 11.8 Å². The maximum atomic E-state index is 12.4. The van der Waals surface area contributed by atoms with Gasteiger partial charge in [0.2, 0.25) is 0 Å². The maximum absolute atomic E-state index is 12.4. The molecule has 0 bridgehead atoms. The van der Waals surface area contributed by atoms with Crippen molar-refractivity contribution in [3.8, 4) is 5.69 Å². The summed E-state index contributed by atoms with van der Waals surface area (Å²) >= 11 is 0. The lowest BCUT2D eigenvalue weighted by Gasteiger charge is -2.15. The van der Waals surface area contributed by atoms with E-state index in [-0.39, 0.29) is 12.5 Å². The third-order valence-electron chi connectivity index (χ3n) is 4.14. The molecule has 0 saturated carbocycles. The number of carbonyl (C=O) groups excluding carboxylic acids is 1. The molecule has 0 aliphatic heterocycles. The highest BCUT2D eigenvalue weighted by Gasteiger charge is 2.14. The SMILES string of the molecule is Cc1cc(-n2cncn2)ccc1C(=O)NCC(O)c1ccccc1C. The van der Waals surface area contributed by atoms with Gasteiger partial charge in [-0.2, -0.15) is 5.10 Å². The topological polar surface area (TPSA) is 80.0 Å². The normalized spacial score (nSPS) is 12.0. The molecule has 3 aromatic rings. The van der Waals surface area contributed by atoms with E-state index in [0.717, 1.165) is 22.4 Å². The van der Waals surface area contributed by atoms with Crippen LogP contribution in [0.3, 0.4) is 0 Å². The van der Waals surface area contributed by atoms with Crippen LogP contribution in [0.5, 0.6) is 0 Å². The quantitative estimate of drug-likeness (QED) is 0.749. The summed E-state index contributed by atoms with van der Waals surface area (Å²) in [6.07, 6.45) is 2.33. The summed E-state index contributed by atoms with van der Waals surface area (Å²) in [4.78, 5) is 16.3. The first-order chi connectivity index (χ1) is 12.1. The van der Waals surface area contributed by atoms with E-state index < -0.39 is 6.10 Å². The molecular weight excluding hydrogens is 316 g/mol. The summed E-state index contributed by atoms with van der Waals surface area (Å²) in [6.45, 7) is 3.97. The summed E-state index contributed by atoms with van der Waals surface area (Å²) < 4.78 is 1.64. The lowest BCUT2D eigenvalue weighted by atomic mass is 10.0. The van der Waals surface area contributed by atoms with Crippen LogP contribution in [-0.2, 0) is 0 Å². The molecule has 0 aliphatic rings. The average molecular weight is 336 g/mol. The second kappa shape index (κ2) is 7.27. The third kappa shape index (κ3) is 3.75. The van der Waals surface area contributed by atoms with Crippen LogP contribution in [0.25, 0.3) is 5.69 Å². The lowest BCUT2D eigenvalue weighted by molar-refractivity contribution is 0.0915. The monoisotopic (exact) mass is 336 g/mol. The van der Waals surface area contributed by atoms with Crippen molar-refractivity contribution >= 4 is 5.91 Å². The maximum Gasteiger partial charge on any atom is 0.251 e. The number of rotatable bonds is 5. The molecule has 1 amide bonds. The number of nitrogens with zero attached hydrogens (tertiary/aromatic N) is 3. The molecule has 0 fully saturated rings. The Kier molecular flexibility index (Phi) is 4.90. The number of amides is 1. The van der Waals surface area contributed by atoms with Crippen LogP contribution >= 0.6 is 0 Å². The van der Waals surface area contributed by atoms with Crippen LogP contribution in [0.2, 0.25) is 0 Å². The van der Waals surface area contributed by atoms with Gasteiger partial charge in [-0.25, -0.2) is 9.67 Å². The van der Waals surface area contributed by atoms with Crippen molar-refractivity contribution in [1.29, 1.82) is 0 Å². The first kappa shape index (κ1) is 16.9. The van der Waals surface area contributed by atoms with Gasteiger partial charge in [-0.1, -0.05) is 24.3 Å². The predicted octanol–water partition coefficient (Wildman–Crippen LogP) is 2.35. The molecule has 25 heavy (non-hydrogen) atoms. The molecule has 0 radical (unpaired) electrons. The minimum atomic E-state index is -0.736. The highest BCUT2D eigenvalue weighted by atomic mass is 16.3. The number of nitrogens with one attached hydrogen (secondary N) is 1. The zero-order valence-corrected chi connectivity index (χ0v) is 14.2. The lowest BCUT2D eigenvalue weighted by Crippen LogP contribution is -2.29. The van der Waals surface area contributed by atoms with Crippen LogP contribution in [0.1, 0.15) is 33.2 Å². The molecule has 1 aromatic heterocycles. The van der Waals surface area contributed by atoms with E-state index in [1.165, 1.54) is 6.33 Å². The molecule has 2 N–H and O–H groups in total. The molecule has 2 aromatic carbocycles. The van der Waals surface area contributed by atoms with Gasteiger partial charge in [0.15, 0.2) is 0 Å². The van der Waals surface area contributed by atoms with E-state index >= 15 is 0 Å². The standard InChI is InChI=1S/C19H20N4O2/c1-13-5-3-4-6-16(13)18(24)10-21-19(25)17-8-7-15(9-14(17)2)23-12-20-11-22-23/h3-9,11-12,18,24H,10H2,1-2H3,(H,21,25). The minimum Gasteiger partial charge on any atom is -0.387 e. The van der Waals surface area contributed by atoms with Gasteiger partial charge in [-0.15, -0.1) is 0 Å². The van der Waals surface area contributed by atoms with Crippen LogP contribution in [-0.4, -0.2) is 32.3 Å². The van der Waals surface area contributed by atoms with Crippen molar-refractivity contribution in [2.75, 3.05) is 6.54 Å². The Morgan fingerprint density at radius 3 is 2.68 bits per heavy atom. The Bertz CT molecular complexity index is 875. The molecule has 6 nitrogen and oxygen atoms in total. The van der Waals surface area contributed by atoms with Crippen LogP contribution in [0.15, 0.2) is 55.1 Å². The summed E-state index contributed by atoms with van der Waals surface area (Å²) in [5, 5.41) is 17.2. The second-order valence-electron chi connectivity index (χ2n) is 5.92. The third-order valence-corrected chi connectivity index (χ3v) is 4.14. The molecule has 6 heteroatoms. The van der Waals surface area contributed by atoms with E-state index in [2.05, 4.69) is 15.4 Å². The molecule has 0 aliphatic carbocycles. The van der Waals surface area contributed by atoms with Gasteiger partial charge in [0.25, 0.3) is 5.91 Å². The first-order valence-electron chi connectivity index (χ1n) is 8.03.